The summed E-state index contributed by atoms with van der Waals surface area (Å²) < 4.78 is 1.23. The minimum atomic E-state index is 0.650. The summed E-state index contributed by atoms with van der Waals surface area (Å²) in [4.78, 5) is 21.2. The molecule has 0 saturated heterocycles. The molecule has 5 heteroatoms. The molecule has 3 heterocycles. The Labute approximate surface area is 273 Å². The second kappa shape index (κ2) is 10.2. The first-order valence-corrected chi connectivity index (χ1v) is 16.4. The highest BCUT2D eigenvalue weighted by Crippen LogP contribution is 2.40. The average Bonchev–Trinajstić information content (AvgIpc) is 3.53. The number of hydrogen-bond acceptors (Lipinski definition) is 5. The number of nitrogens with zero attached hydrogens (tertiary/aromatic N) is 4. The molecule has 0 aliphatic heterocycles. The standard InChI is InChI=1S/C42H24N4S/c1-2-9-28-23-29(18-14-25(28)7-1)39-44-40(30-19-17-27-16-15-26-8-3-4-10-31(26)37(27)24-30)46-41(45-39)35-12-5-11-33-32(35)20-21-34-36-13-6-22-43-42(36)47-38(33)34/h1-24H. The van der Waals surface area contributed by atoms with Crippen LogP contribution in [0.25, 0.3) is 97.6 Å². The Hall–Kier alpha value is -6.04. The molecular weight excluding hydrogens is 593 g/mol. The summed E-state index contributed by atoms with van der Waals surface area (Å²) in [5.74, 6) is 1.95. The van der Waals surface area contributed by atoms with Gasteiger partial charge >= 0.3 is 0 Å². The topological polar surface area (TPSA) is 51.6 Å². The van der Waals surface area contributed by atoms with E-state index in [2.05, 4.69) is 138 Å². The largest absolute Gasteiger partial charge is 0.245 e. The zero-order valence-corrected chi connectivity index (χ0v) is 25.9. The smallest absolute Gasteiger partial charge is 0.164 e. The molecule has 4 nitrogen and oxygen atoms in total. The van der Waals surface area contributed by atoms with Gasteiger partial charge in [0.1, 0.15) is 4.83 Å². The highest BCUT2D eigenvalue weighted by Gasteiger charge is 2.17. The van der Waals surface area contributed by atoms with Crippen molar-refractivity contribution >= 4 is 74.7 Å². The van der Waals surface area contributed by atoms with Gasteiger partial charge in [0.2, 0.25) is 0 Å². The molecule has 0 saturated carbocycles. The van der Waals surface area contributed by atoms with Crippen LogP contribution in [0.2, 0.25) is 0 Å². The predicted octanol–water partition coefficient (Wildman–Crippen LogP) is 11.2. The van der Waals surface area contributed by atoms with Crippen LogP contribution in [-0.2, 0) is 0 Å². The van der Waals surface area contributed by atoms with E-state index < -0.39 is 0 Å². The van der Waals surface area contributed by atoms with Gasteiger partial charge in [-0.2, -0.15) is 0 Å². The maximum absolute atomic E-state index is 5.19. The molecule has 0 unspecified atom stereocenters. The lowest BCUT2D eigenvalue weighted by atomic mass is 9.99. The van der Waals surface area contributed by atoms with E-state index in [0.717, 1.165) is 32.3 Å². The van der Waals surface area contributed by atoms with Crippen molar-refractivity contribution in [1.29, 1.82) is 0 Å². The van der Waals surface area contributed by atoms with E-state index >= 15 is 0 Å². The van der Waals surface area contributed by atoms with E-state index in [1.807, 2.05) is 12.3 Å². The van der Waals surface area contributed by atoms with Gasteiger partial charge in [-0.1, -0.05) is 115 Å². The highest BCUT2D eigenvalue weighted by molar-refractivity contribution is 7.26. The predicted molar refractivity (Wildman–Crippen MR) is 197 cm³/mol. The van der Waals surface area contributed by atoms with Gasteiger partial charge in [-0.25, -0.2) is 19.9 Å². The summed E-state index contributed by atoms with van der Waals surface area (Å²) in [5.41, 5.74) is 2.89. The Kier molecular flexibility index (Phi) is 5.71. The van der Waals surface area contributed by atoms with Gasteiger partial charge in [-0.3, -0.25) is 0 Å². The highest BCUT2D eigenvalue weighted by atomic mass is 32.1. The number of pyridine rings is 1. The minimum Gasteiger partial charge on any atom is -0.245 e. The van der Waals surface area contributed by atoms with Crippen LogP contribution in [0, 0.1) is 0 Å². The minimum absolute atomic E-state index is 0.650. The van der Waals surface area contributed by atoms with E-state index in [4.69, 9.17) is 15.0 Å². The number of hydrogen-bond donors (Lipinski definition) is 0. The Bertz CT molecular complexity index is 2870. The van der Waals surface area contributed by atoms with Crippen LogP contribution < -0.4 is 0 Å². The third-order valence-electron chi connectivity index (χ3n) is 9.16. The van der Waals surface area contributed by atoms with Gasteiger partial charge in [-0.05, 0) is 62.0 Å². The summed E-state index contributed by atoms with van der Waals surface area (Å²) >= 11 is 1.73. The summed E-state index contributed by atoms with van der Waals surface area (Å²) in [7, 11) is 0. The lowest BCUT2D eigenvalue weighted by Gasteiger charge is -2.12. The van der Waals surface area contributed by atoms with E-state index in [1.165, 1.54) is 47.8 Å². The van der Waals surface area contributed by atoms with Crippen molar-refractivity contribution < 1.29 is 0 Å². The molecule has 0 fully saturated rings. The third kappa shape index (κ3) is 4.21. The summed E-state index contributed by atoms with van der Waals surface area (Å²) in [6, 6.07) is 49.2. The normalized spacial score (nSPS) is 11.8. The van der Waals surface area contributed by atoms with Crippen molar-refractivity contribution in [3.05, 3.63) is 146 Å². The van der Waals surface area contributed by atoms with Gasteiger partial charge in [0, 0.05) is 43.7 Å². The van der Waals surface area contributed by atoms with Crippen LogP contribution in [0.3, 0.4) is 0 Å². The third-order valence-corrected chi connectivity index (χ3v) is 10.3. The van der Waals surface area contributed by atoms with E-state index in [-0.39, 0.29) is 0 Å². The van der Waals surface area contributed by atoms with Crippen molar-refractivity contribution in [3.63, 3.8) is 0 Å². The zero-order valence-electron chi connectivity index (χ0n) is 25.1. The van der Waals surface area contributed by atoms with Crippen LogP contribution in [0.1, 0.15) is 0 Å². The lowest BCUT2D eigenvalue weighted by Crippen LogP contribution is -2.00. The molecule has 7 aromatic carbocycles. The van der Waals surface area contributed by atoms with Gasteiger partial charge in [0.05, 0.1) is 0 Å². The molecule has 0 bridgehead atoms. The Morgan fingerprint density at radius 2 is 1.00 bits per heavy atom. The first-order chi connectivity index (χ1) is 23.3. The van der Waals surface area contributed by atoms with E-state index in [0.29, 0.717) is 17.5 Å². The molecule has 218 valence electrons. The Morgan fingerprint density at radius 3 is 1.87 bits per heavy atom. The molecule has 47 heavy (non-hydrogen) atoms. The fourth-order valence-electron chi connectivity index (χ4n) is 6.85. The fourth-order valence-corrected chi connectivity index (χ4v) is 8.02. The van der Waals surface area contributed by atoms with Gasteiger partial charge in [-0.15, -0.1) is 11.3 Å². The van der Waals surface area contributed by atoms with Crippen LogP contribution >= 0.6 is 11.3 Å². The Morgan fingerprint density at radius 1 is 0.383 bits per heavy atom. The van der Waals surface area contributed by atoms with Crippen molar-refractivity contribution in [2.24, 2.45) is 0 Å². The zero-order chi connectivity index (χ0) is 30.9. The number of rotatable bonds is 3. The molecular formula is C42H24N4S. The lowest BCUT2D eigenvalue weighted by molar-refractivity contribution is 1.08. The monoisotopic (exact) mass is 616 g/mol. The molecule has 0 amide bonds. The fraction of sp³-hybridized carbons (Fsp3) is 0. The second-order valence-electron chi connectivity index (χ2n) is 11.9. The van der Waals surface area contributed by atoms with Gasteiger partial charge in [0.15, 0.2) is 17.5 Å². The quantitative estimate of drug-likeness (QED) is 0.185. The molecule has 3 aromatic heterocycles. The first kappa shape index (κ1) is 26.2. The van der Waals surface area contributed by atoms with Crippen molar-refractivity contribution in [2.75, 3.05) is 0 Å². The number of aromatic nitrogens is 4. The molecule has 0 N–H and O–H groups in total. The maximum atomic E-state index is 5.19. The molecule has 10 rings (SSSR count). The molecule has 0 aliphatic rings. The van der Waals surface area contributed by atoms with Crippen LogP contribution in [0.5, 0.6) is 0 Å². The van der Waals surface area contributed by atoms with Gasteiger partial charge < -0.3 is 0 Å². The average molecular weight is 617 g/mol. The summed E-state index contributed by atoms with van der Waals surface area (Å²) in [5, 5.41) is 11.8. The number of fused-ring (bicyclic) bond motifs is 9. The summed E-state index contributed by atoms with van der Waals surface area (Å²) in [6.07, 6.45) is 1.86. The van der Waals surface area contributed by atoms with Crippen molar-refractivity contribution in [3.8, 4) is 34.2 Å². The molecule has 0 spiro atoms. The van der Waals surface area contributed by atoms with Crippen LogP contribution in [0.4, 0.5) is 0 Å². The molecule has 0 atom stereocenters. The van der Waals surface area contributed by atoms with Crippen molar-refractivity contribution in [1.82, 2.24) is 19.9 Å². The number of thiophene rings is 1. The molecule has 0 radical (unpaired) electrons. The second-order valence-corrected chi connectivity index (χ2v) is 12.9. The maximum Gasteiger partial charge on any atom is 0.164 e. The number of benzene rings is 7. The van der Waals surface area contributed by atoms with Gasteiger partial charge in [0.25, 0.3) is 0 Å². The van der Waals surface area contributed by atoms with Crippen LogP contribution in [-0.4, -0.2) is 19.9 Å². The first-order valence-electron chi connectivity index (χ1n) is 15.6. The summed E-state index contributed by atoms with van der Waals surface area (Å²) in [6.45, 7) is 0. The molecule has 10 aromatic rings. The van der Waals surface area contributed by atoms with Crippen LogP contribution in [0.15, 0.2) is 146 Å². The Balaban J connectivity index is 1.23. The molecule has 0 aliphatic carbocycles. The SMILES string of the molecule is c1ccc2cc(-c3nc(-c4ccc5ccc6ccccc6c5c4)nc(-c4cccc5c4ccc4c6cccnc6sc54)n3)ccc2c1. The van der Waals surface area contributed by atoms with E-state index in [1.54, 1.807) is 11.3 Å². The van der Waals surface area contributed by atoms with Crippen molar-refractivity contribution in [2.45, 2.75) is 0 Å². The van der Waals surface area contributed by atoms with E-state index in [9.17, 15) is 0 Å².